The molecule has 1 fully saturated rings. The standard InChI is InChI=1S/C12H15BrClN/c13-12-10(5-4-6-11(12)14)9-15-7-2-1-3-8-15/h4-6H,1-3,7-9H2. The van der Waals surface area contributed by atoms with Gasteiger partial charge >= 0.3 is 0 Å². The van der Waals surface area contributed by atoms with Gasteiger partial charge in [0.05, 0.1) is 5.02 Å². The fourth-order valence-corrected chi connectivity index (χ4v) is 2.61. The molecule has 1 heterocycles. The first-order valence-electron chi connectivity index (χ1n) is 5.42. The molecule has 3 heteroatoms. The van der Waals surface area contributed by atoms with Crippen LogP contribution in [0, 0.1) is 0 Å². The predicted molar refractivity (Wildman–Crippen MR) is 68.3 cm³/mol. The first-order chi connectivity index (χ1) is 7.27. The SMILES string of the molecule is Clc1cccc(CN2CCCCC2)c1Br. The number of likely N-dealkylation sites (tertiary alicyclic amines) is 1. The summed E-state index contributed by atoms with van der Waals surface area (Å²) >= 11 is 9.61. The van der Waals surface area contributed by atoms with Crippen molar-refractivity contribution in [3.05, 3.63) is 33.3 Å². The van der Waals surface area contributed by atoms with E-state index in [1.165, 1.54) is 37.9 Å². The summed E-state index contributed by atoms with van der Waals surface area (Å²) in [5, 5.41) is 0.810. The highest BCUT2D eigenvalue weighted by Crippen LogP contribution is 2.27. The van der Waals surface area contributed by atoms with Gasteiger partial charge in [-0.15, -0.1) is 0 Å². The summed E-state index contributed by atoms with van der Waals surface area (Å²) in [6.07, 6.45) is 4.05. The molecular weight excluding hydrogens is 273 g/mol. The van der Waals surface area contributed by atoms with E-state index in [0.717, 1.165) is 16.0 Å². The highest BCUT2D eigenvalue weighted by atomic mass is 79.9. The van der Waals surface area contributed by atoms with E-state index in [9.17, 15) is 0 Å². The van der Waals surface area contributed by atoms with Gasteiger partial charge in [-0.2, -0.15) is 0 Å². The molecule has 0 amide bonds. The Hall–Kier alpha value is -0.0500. The molecule has 0 atom stereocenters. The van der Waals surface area contributed by atoms with Crippen LogP contribution in [0.2, 0.25) is 5.02 Å². The average molecular weight is 289 g/mol. The smallest absolute Gasteiger partial charge is 0.0551 e. The van der Waals surface area contributed by atoms with E-state index in [2.05, 4.69) is 26.9 Å². The Morgan fingerprint density at radius 3 is 2.67 bits per heavy atom. The number of benzene rings is 1. The lowest BCUT2D eigenvalue weighted by Crippen LogP contribution is -2.29. The molecule has 0 N–H and O–H groups in total. The van der Waals surface area contributed by atoms with Crippen molar-refractivity contribution in [1.82, 2.24) is 4.90 Å². The van der Waals surface area contributed by atoms with E-state index in [1.807, 2.05) is 12.1 Å². The Kier molecular flexibility index (Phi) is 4.06. The van der Waals surface area contributed by atoms with Gasteiger partial charge in [-0.25, -0.2) is 0 Å². The van der Waals surface area contributed by atoms with Gasteiger partial charge in [0.15, 0.2) is 0 Å². The molecule has 0 unspecified atom stereocenters. The summed E-state index contributed by atoms with van der Waals surface area (Å²) in [4.78, 5) is 2.50. The van der Waals surface area contributed by atoms with E-state index >= 15 is 0 Å². The van der Waals surface area contributed by atoms with E-state index in [1.54, 1.807) is 0 Å². The zero-order valence-corrected chi connectivity index (χ0v) is 11.0. The molecule has 1 aromatic carbocycles. The molecule has 1 aromatic rings. The summed E-state index contributed by atoms with van der Waals surface area (Å²) in [6, 6.07) is 6.09. The Bertz CT molecular complexity index is 334. The Morgan fingerprint density at radius 1 is 1.20 bits per heavy atom. The maximum atomic E-state index is 6.07. The van der Waals surface area contributed by atoms with E-state index in [-0.39, 0.29) is 0 Å². The second-order valence-electron chi connectivity index (χ2n) is 4.05. The van der Waals surface area contributed by atoms with E-state index in [0.29, 0.717) is 0 Å². The number of hydrogen-bond acceptors (Lipinski definition) is 1. The van der Waals surface area contributed by atoms with Crippen molar-refractivity contribution in [2.45, 2.75) is 25.8 Å². The zero-order chi connectivity index (χ0) is 10.7. The van der Waals surface area contributed by atoms with Crippen LogP contribution in [0.4, 0.5) is 0 Å². The molecule has 0 saturated carbocycles. The normalized spacial score (nSPS) is 18.0. The van der Waals surface area contributed by atoms with Gasteiger partial charge in [-0.05, 0) is 53.5 Å². The second-order valence-corrected chi connectivity index (χ2v) is 5.25. The summed E-state index contributed by atoms with van der Waals surface area (Å²) in [5.74, 6) is 0. The van der Waals surface area contributed by atoms with Crippen LogP contribution in [0.5, 0.6) is 0 Å². The first kappa shape index (κ1) is 11.4. The molecule has 1 nitrogen and oxygen atoms in total. The average Bonchev–Trinajstić information content (AvgIpc) is 2.26. The van der Waals surface area contributed by atoms with Gasteiger partial charge in [-0.3, -0.25) is 4.90 Å². The van der Waals surface area contributed by atoms with Crippen LogP contribution in [0.15, 0.2) is 22.7 Å². The summed E-state index contributed by atoms with van der Waals surface area (Å²) < 4.78 is 1.05. The lowest BCUT2D eigenvalue weighted by molar-refractivity contribution is 0.220. The quantitative estimate of drug-likeness (QED) is 0.792. The summed E-state index contributed by atoms with van der Waals surface area (Å²) in [5.41, 5.74) is 1.30. The number of nitrogens with zero attached hydrogens (tertiary/aromatic N) is 1. The van der Waals surface area contributed by atoms with Crippen LogP contribution < -0.4 is 0 Å². The zero-order valence-electron chi connectivity index (χ0n) is 8.68. The van der Waals surface area contributed by atoms with Crippen LogP contribution in [-0.2, 0) is 6.54 Å². The highest BCUT2D eigenvalue weighted by molar-refractivity contribution is 9.10. The van der Waals surface area contributed by atoms with Crippen molar-refractivity contribution in [2.24, 2.45) is 0 Å². The van der Waals surface area contributed by atoms with Gasteiger partial charge in [-0.1, -0.05) is 30.2 Å². The first-order valence-corrected chi connectivity index (χ1v) is 6.60. The molecule has 0 bridgehead atoms. The third-order valence-corrected chi connectivity index (χ3v) is 4.35. The number of piperidine rings is 1. The summed E-state index contributed by atoms with van der Waals surface area (Å²) in [6.45, 7) is 3.46. The fourth-order valence-electron chi connectivity index (χ4n) is 2.03. The lowest BCUT2D eigenvalue weighted by Gasteiger charge is -2.26. The Labute approximate surface area is 105 Å². The predicted octanol–water partition coefficient (Wildman–Crippen LogP) is 4.09. The molecule has 1 aliphatic heterocycles. The van der Waals surface area contributed by atoms with Gasteiger partial charge in [0.25, 0.3) is 0 Å². The third-order valence-electron chi connectivity index (χ3n) is 2.87. The maximum Gasteiger partial charge on any atom is 0.0551 e. The Morgan fingerprint density at radius 2 is 1.93 bits per heavy atom. The number of rotatable bonds is 2. The van der Waals surface area contributed by atoms with Crippen LogP contribution in [0.25, 0.3) is 0 Å². The van der Waals surface area contributed by atoms with Gasteiger partial charge in [0.1, 0.15) is 0 Å². The summed E-state index contributed by atoms with van der Waals surface area (Å²) in [7, 11) is 0. The van der Waals surface area contributed by atoms with E-state index < -0.39 is 0 Å². The van der Waals surface area contributed by atoms with Gasteiger partial charge in [0.2, 0.25) is 0 Å². The minimum Gasteiger partial charge on any atom is -0.299 e. The fraction of sp³-hybridized carbons (Fsp3) is 0.500. The molecule has 0 radical (unpaired) electrons. The molecule has 0 spiro atoms. The van der Waals surface area contributed by atoms with Crippen molar-refractivity contribution in [1.29, 1.82) is 0 Å². The minimum atomic E-state index is 0.810. The van der Waals surface area contributed by atoms with Crippen LogP contribution >= 0.6 is 27.5 Å². The van der Waals surface area contributed by atoms with Crippen LogP contribution in [0.1, 0.15) is 24.8 Å². The lowest BCUT2D eigenvalue weighted by atomic mass is 10.1. The monoisotopic (exact) mass is 287 g/mol. The van der Waals surface area contributed by atoms with Gasteiger partial charge in [0, 0.05) is 11.0 Å². The number of halogens is 2. The molecular formula is C12H15BrClN. The molecule has 0 aromatic heterocycles. The van der Waals surface area contributed by atoms with Crippen molar-refractivity contribution in [2.75, 3.05) is 13.1 Å². The molecule has 2 rings (SSSR count). The van der Waals surface area contributed by atoms with Crippen molar-refractivity contribution < 1.29 is 0 Å². The molecule has 15 heavy (non-hydrogen) atoms. The molecule has 0 aliphatic carbocycles. The third kappa shape index (κ3) is 2.96. The molecule has 1 saturated heterocycles. The molecule has 82 valence electrons. The van der Waals surface area contributed by atoms with Crippen molar-refractivity contribution in [3.8, 4) is 0 Å². The topological polar surface area (TPSA) is 3.24 Å². The van der Waals surface area contributed by atoms with Crippen LogP contribution in [-0.4, -0.2) is 18.0 Å². The molecule has 1 aliphatic rings. The Balaban J connectivity index is 2.06. The van der Waals surface area contributed by atoms with E-state index in [4.69, 9.17) is 11.6 Å². The van der Waals surface area contributed by atoms with Crippen molar-refractivity contribution >= 4 is 27.5 Å². The minimum absolute atomic E-state index is 0.810. The van der Waals surface area contributed by atoms with Crippen LogP contribution in [0.3, 0.4) is 0 Å². The second kappa shape index (κ2) is 5.33. The maximum absolute atomic E-state index is 6.07. The highest BCUT2D eigenvalue weighted by Gasteiger charge is 2.12. The van der Waals surface area contributed by atoms with Gasteiger partial charge < -0.3 is 0 Å². The largest absolute Gasteiger partial charge is 0.299 e. The number of hydrogen-bond donors (Lipinski definition) is 0. The van der Waals surface area contributed by atoms with Crippen molar-refractivity contribution in [3.63, 3.8) is 0 Å².